The minimum atomic E-state index is -0.882. The van der Waals surface area contributed by atoms with Crippen molar-refractivity contribution in [3.8, 4) is 0 Å². The standard InChI is InChI=1S/C9H7Cl2NO2/c1-9-3-6(11)5(10)2-4(9)7(13)12-8(9)14/h2-4H,1H3,(H,12,13,14). The van der Waals surface area contributed by atoms with Crippen LogP contribution in [0.5, 0.6) is 0 Å². The third-order valence-corrected chi connectivity index (χ3v) is 3.36. The van der Waals surface area contributed by atoms with E-state index in [4.69, 9.17) is 23.2 Å². The molecule has 0 radical (unpaired) electrons. The zero-order valence-corrected chi connectivity index (χ0v) is 8.82. The van der Waals surface area contributed by atoms with Gasteiger partial charge in [-0.2, -0.15) is 0 Å². The lowest BCUT2D eigenvalue weighted by Crippen LogP contribution is -2.31. The van der Waals surface area contributed by atoms with Crippen LogP contribution in [0.4, 0.5) is 0 Å². The molecule has 74 valence electrons. The van der Waals surface area contributed by atoms with Crippen LogP contribution < -0.4 is 5.32 Å². The lowest BCUT2D eigenvalue weighted by Gasteiger charge is -2.25. The number of amides is 2. The molecular weight excluding hydrogens is 225 g/mol. The van der Waals surface area contributed by atoms with Crippen LogP contribution in [0.1, 0.15) is 6.92 Å². The highest BCUT2D eigenvalue weighted by atomic mass is 35.5. The first kappa shape index (κ1) is 9.74. The molecule has 3 nitrogen and oxygen atoms in total. The molecule has 0 bridgehead atoms. The average molecular weight is 232 g/mol. The molecule has 5 heteroatoms. The average Bonchev–Trinajstić information content (AvgIpc) is 2.29. The fraction of sp³-hybridized carbons (Fsp3) is 0.333. The minimum Gasteiger partial charge on any atom is -0.295 e. The van der Waals surface area contributed by atoms with Crippen molar-refractivity contribution in [2.24, 2.45) is 11.3 Å². The second-order valence-electron chi connectivity index (χ2n) is 3.59. The highest BCUT2D eigenvalue weighted by Crippen LogP contribution is 2.43. The maximum absolute atomic E-state index is 11.5. The number of rotatable bonds is 0. The van der Waals surface area contributed by atoms with Crippen molar-refractivity contribution < 1.29 is 9.59 Å². The van der Waals surface area contributed by atoms with Gasteiger partial charge < -0.3 is 0 Å². The highest BCUT2D eigenvalue weighted by Gasteiger charge is 2.51. The third-order valence-electron chi connectivity index (χ3n) is 2.62. The van der Waals surface area contributed by atoms with Crippen LogP contribution in [-0.4, -0.2) is 11.8 Å². The summed E-state index contributed by atoms with van der Waals surface area (Å²) < 4.78 is 0. The number of carbonyl (C=O) groups is 2. The lowest BCUT2D eigenvalue weighted by atomic mass is 9.76. The third kappa shape index (κ3) is 1.12. The summed E-state index contributed by atoms with van der Waals surface area (Å²) in [6.07, 6.45) is 3.05. The van der Waals surface area contributed by atoms with E-state index in [1.165, 1.54) is 12.2 Å². The number of allylic oxidation sites excluding steroid dienone is 2. The van der Waals surface area contributed by atoms with E-state index in [0.29, 0.717) is 10.1 Å². The van der Waals surface area contributed by atoms with Crippen LogP contribution in [0.2, 0.25) is 0 Å². The fourth-order valence-electron chi connectivity index (χ4n) is 1.70. The van der Waals surface area contributed by atoms with Gasteiger partial charge in [-0.1, -0.05) is 29.3 Å². The van der Waals surface area contributed by atoms with Crippen molar-refractivity contribution in [2.75, 3.05) is 0 Å². The van der Waals surface area contributed by atoms with Gasteiger partial charge in [0.15, 0.2) is 0 Å². The van der Waals surface area contributed by atoms with E-state index in [1.807, 2.05) is 0 Å². The number of halogens is 2. The SMILES string of the molecule is CC12C=C(Cl)C(Cl)=CC1C(=O)NC2=O. The molecule has 1 aliphatic heterocycles. The van der Waals surface area contributed by atoms with Crippen LogP contribution >= 0.6 is 23.2 Å². The summed E-state index contributed by atoms with van der Waals surface area (Å²) in [4.78, 5) is 22.9. The number of fused-ring (bicyclic) bond motifs is 1. The Morgan fingerprint density at radius 3 is 2.64 bits per heavy atom. The molecule has 2 unspecified atom stereocenters. The van der Waals surface area contributed by atoms with E-state index in [0.717, 1.165) is 0 Å². The Labute approximate surface area is 90.7 Å². The molecule has 1 heterocycles. The molecule has 1 fully saturated rings. The summed E-state index contributed by atoms with van der Waals surface area (Å²) >= 11 is 11.6. The maximum Gasteiger partial charge on any atom is 0.237 e. The summed E-state index contributed by atoms with van der Waals surface area (Å²) in [6.45, 7) is 1.67. The number of hydrogen-bond donors (Lipinski definition) is 1. The Morgan fingerprint density at radius 2 is 2.00 bits per heavy atom. The van der Waals surface area contributed by atoms with Crippen LogP contribution in [0.15, 0.2) is 22.2 Å². The molecule has 2 aliphatic rings. The molecule has 1 aliphatic carbocycles. The molecule has 1 N–H and O–H groups in total. The molecule has 0 aromatic rings. The topological polar surface area (TPSA) is 46.2 Å². The molecule has 0 aromatic carbocycles. The Morgan fingerprint density at radius 1 is 1.36 bits per heavy atom. The number of imide groups is 1. The van der Waals surface area contributed by atoms with Gasteiger partial charge in [0.25, 0.3) is 0 Å². The minimum absolute atomic E-state index is 0.315. The first-order chi connectivity index (χ1) is 6.45. The van der Waals surface area contributed by atoms with Gasteiger partial charge in [0.2, 0.25) is 11.8 Å². The molecule has 1 saturated heterocycles. The Bertz CT molecular complexity index is 400. The van der Waals surface area contributed by atoms with Gasteiger partial charge in [-0.15, -0.1) is 0 Å². The smallest absolute Gasteiger partial charge is 0.237 e. The van der Waals surface area contributed by atoms with Gasteiger partial charge in [-0.05, 0) is 13.0 Å². The zero-order chi connectivity index (χ0) is 10.5. The number of nitrogens with one attached hydrogen (secondary N) is 1. The van der Waals surface area contributed by atoms with E-state index >= 15 is 0 Å². The van der Waals surface area contributed by atoms with Crippen molar-refractivity contribution in [1.82, 2.24) is 5.32 Å². The van der Waals surface area contributed by atoms with Crippen LogP contribution in [0.3, 0.4) is 0 Å². The van der Waals surface area contributed by atoms with E-state index in [9.17, 15) is 9.59 Å². The molecular formula is C9H7Cl2NO2. The monoisotopic (exact) mass is 231 g/mol. The first-order valence-electron chi connectivity index (χ1n) is 4.06. The summed E-state index contributed by atoms with van der Waals surface area (Å²) in [5.41, 5.74) is -0.882. The molecule has 2 rings (SSSR count). The molecule has 14 heavy (non-hydrogen) atoms. The van der Waals surface area contributed by atoms with Gasteiger partial charge in [-0.3, -0.25) is 14.9 Å². The van der Waals surface area contributed by atoms with Crippen molar-refractivity contribution in [1.29, 1.82) is 0 Å². The largest absolute Gasteiger partial charge is 0.295 e. The van der Waals surface area contributed by atoms with Gasteiger partial charge >= 0.3 is 0 Å². The summed E-state index contributed by atoms with van der Waals surface area (Å²) in [5, 5.41) is 2.89. The second-order valence-corrected chi connectivity index (χ2v) is 4.40. The summed E-state index contributed by atoms with van der Waals surface area (Å²) in [5.74, 6) is -1.19. The quantitative estimate of drug-likeness (QED) is 0.643. The van der Waals surface area contributed by atoms with Crippen LogP contribution in [0, 0.1) is 11.3 Å². The van der Waals surface area contributed by atoms with Gasteiger partial charge in [0.1, 0.15) is 0 Å². The van der Waals surface area contributed by atoms with Crippen molar-refractivity contribution in [3.63, 3.8) is 0 Å². The Balaban J connectivity index is 2.54. The van der Waals surface area contributed by atoms with Gasteiger partial charge in [0, 0.05) is 0 Å². The van der Waals surface area contributed by atoms with E-state index in [2.05, 4.69) is 5.32 Å². The second kappa shape index (κ2) is 2.84. The van der Waals surface area contributed by atoms with Crippen molar-refractivity contribution in [2.45, 2.75) is 6.92 Å². The summed E-state index contributed by atoms with van der Waals surface area (Å²) in [6, 6.07) is 0. The normalized spacial score (nSPS) is 36.1. The Hall–Kier alpha value is -0.800. The molecule has 0 spiro atoms. The first-order valence-corrected chi connectivity index (χ1v) is 4.82. The van der Waals surface area contributed by atoms with Crippen LogP contribution in [0.25, 0.3) is 0 Å². The van der Waals surface area contributed by atoms with Crippen molar-refractivity contribution in [3.05, 3.63) is 22.2 Å². The number of carbonyl (C=O) groups excluding carboxylic acids is 2. The van der Waals surface area contributed by atoms with Crippen molar-refractivity contribution >= 4 is 35.0 Å². The fourth-order valence-corrected chi connectivity index (χ4v) is 2.17. The number of hydrogen-bond acceptors (Lipinski definition) is 2. The molecule has 2 atom stereocenters. The molecule has 0 aromatic heterocycles. The van der Waals surface area contributed by atoms with E-state index in [1.54, 1.807) is 6.92 Å². The predicted molar refractivity (Wildman–Crippen MR) is 52.6 cm³/mol. The van der Waals surface area contributed by atoms with E-state index < -0.39 is 11.3 Å². The lowest BCUT2D eigenvalue weighted by molar-refractivity contribution is -0.126. The molecule has 2 amide bonds. The van der Waals surface area contributed by atoms with Gasteiger partial charge in [0.05, 0.1) is 21.4 Å². The molecule has 0 saturated carbocycles. The predicted octanol–water partition coefficient (Wildman–Crippen LogP) is 1.52. The Kier molecular flexibility index (Phi) is 1.98. The zero-order valence-electron chi connectivity index (χ0n) is 7.30. The van der Waals surface area contributed by atoms with Gasteiger partial charge in [-0.25, -0.2) is 0 Å². The summed E-state index contributed by atoms with van der Waals surface area (Å²) in [7, 11) is 0. The maximum atomic E-state index is 11.5. The highest BCUT2D eigenvalue weighted by molar-refractivity contribution is 6.44. The van der Waals surface area contributed by atoms with Crippen LogP contribution in [-0.2, 0) is 9.59 Å². The van der Waals surface area contributed by atoms with E-state index in [-0.39, 0.29) is 11.8 Å².